The highest BCUT2D eigenvalue weighted by atomic mass is 16.5. The summed E-state index contributed by atoms with van der Waals surface area (Å²) in [6, 6.07) is 3.03. The van der Waals surface area contributed by atoms with Gasteiger partial charge in [-0.3, -0.25) is 0 Å². The molecule has 0 aromatic rings. The van der Waals surface area contributed by atoms with Gasteiger partial charge in [-0.25, -0.2) is 0 Å². The average molecular weight is 250 g/mol. The number of nitriles is 1. The van der Waals surface area contributed by atoms with Gasteiger partial charge in [0, 0.05) is 25.8 Å². The number of hydrogen-bond donors (Lipinski definition) is 0. The predicted molar refractivity (Wildman–Crippen MR) is 72.1 cm³/mol. The maximum Gasteiger partial charge on any atom is 0.0672 e. The fourth-order valence-corrected chi connectivity index (χ4v) is 3.44. The molecule has 3 nitrogen and oxygen atoms in total. The van der Waals surface area contributed by atoms with Gasteiger partial charge in [0.05, 0.1) is 12.0 Å². The van der Waals surface area contributed by atoms with Crippen LogP contribution in [0.4, 0.5) is 0 Å². The van der Waals surface area contributed by atoms with E-state index >= 15 is 0 Å². The van der Waals surface area contributed by atoms with Gasteiger partial charge in [-0.1, -0.05) is 19.3 Å². The summed E-state index contributed by atoms with van der Waals surface area (Å²) >= 11 is 0. The molecule has 2 rings (SSSR count). The minimum absolute atomic E-state index is 0.248. The molecule has 2 aliphatic rings. The van der Waals surface area contributed by atoms with E-state index in [4.69, 9.17) is 4.74 Å². The molecule has 0 aromatic carbocycles. The number of rotatable bonds is 3. The van der Waals surface area contributed by atoms with Crippen LogP contribution in [0.15, 0.2) is 0 Å². The second kappa shape index (κ2) is 7.11. The molecule has 2 atom stereocenters. The number of hydrogen-bond acceptors (Lipinski definition) is 3. The van der Waals surface area contributed by atoms with E-state index in [2.05, 4.69) is 18.0 Å². The Labute approximate surface area is 111 Å². The Morgan fingerprint density at radius 2 is 1.83 bits per heavy atom. The van der Waals surface area contributed by atoms with Crippen LogP contribution in [0.1, 0.15) is 44.9 Å². The maximum atomic E-state index is 9.34. The Morgan fingerprint density at radius 3 is 2.56 bits per heavy atom. The minimum Gasteiger partial charge on any atom is -0.381 e. The van der Waals surface area contributed by atoms with Gasteiger partial charge in [-0.05, 0) is 38.6 Å². The molecule has 2 fully saturated rings. The molecule has 1 heterocycles. The molecule has 0 N–H and O–H groups in total. The van der Waals surface area contributed by atoms with E-state index in [0.29, 0.717) is 6.04 Å². The summed E-state index contributed by atoms with van der Waals surface area (Å²) in [5.41, 5.74) is 0. The van der Waals surface area contributed by atoms with E-state index in [1.54, 1.807) is 0 Å². The topological polar surface area (TPSA) is 36.3 Å². The molecule has 3 heteroatoms. The van der Waals surface area contributed by atoms with Gasteiger partial charge < -0.3 is 9.64 Å². The van der Waals surface area contributed by atoms with Gasteiger partial charge >= 0.3 is 0 Å². The van der Waals surface area contributed by atoms with E-state index in [-0.39, 0.29) is 5.92 Å². The van der Waals surface area contributed by atoms with Gasteiger partial charge in [0.2, 0.25) is 0 Å². The second-order valence-electron chi connectivity index (χ2n) is 5.94. The monoisotopic (exact) mass is 250 g/mol. The van der Waals surface area contributed by atoms with Crippen molar-refractivity contribution in [2.24, 2.45) is 11.8 Å². The fourth-order valence-electron chi connectivity index (χ4n) is 3.44. The van der Waals surface area contributed by atoms with Crippen molar-refractivity contribution in [3.8, 4) is 6.07 Å². The van der Waals surface area contributed by atoms with Crippen molar-refractivity contribution in [2.75, 3.05) is 26.8 Å². The predicted octanol–water partition coefficient (Wildman–Crippen LogP) is 2.82. The van der Waals surface area contributed by atoms with Crippen LogP contribution >= 0.6 is 0 Å². The average Bonchev–Trinajstić information content (AvgIpc) is 2.64. The summed E-state index contributed by atoms with van der Waals surface area (Å²) in [6.07, 6.45) is 8.51. The third-order valence-electron chi connectivity index (χ3n) is 4.60. The van der Waals surface area contributed by atoms with Crippen LogP contribution in [0.5, 0.6) is 0 Å². The standard InChI is InChI=1S/C15H26N2O/c1-17(12-13-7-9-18-10-8-13)15-6-4-2-3-5-14(15)11-16/h13-15H,2-10,12H2,1H3. The molecule has 0 radical (unpaired) electrons. The van der Waals surface area contributed by atoms with Crippen molar-refractivity contribution in [1.29, 1.82) is 5.26 Å². The zero-order chi connectivity index (χ0) is 12.8. The molecule has 1 saturated carbocycles. The Hall–Kier alpha value is -0.590. The van der Waals surface area contributed by atoms with Crippen LogP contribution in [-0.4, -0.2) is 37.7 Å². The molecule has 0 aromatic heterocycles. The first kappa shape index (κ1) is 13.8. The van der Waals surface area contributed by atoms with E-state index in [0.717, 1.165) is 32.1 Å². The van der Waals surface area contributed by atoms with Crippen LogP contribution in [0, 0.1) is 23.2 Å². The second-order valence-corrected chi connectivity index (χ2v) is 5.94. The number of ether oxygens (including phenoxy) is 1. The largest absolute Gasteiger partial charge is 0.381 e. The van der Waals surface area contributed by atoms with Gasteiger partial charge in [0.25, 0.3) is 0 Å². The van der Waals surface area contributed by atoms with Gasteiger partial charge in [0.15, 0.2) is 0 Å². The molecule has 0 spiro atoms. The van der Waals surface area contributed by atoms with Crippen molar-refractivity contribution >= 4 is 0 Å². The summed E-state index contributed by atoms with van der Waals surface area (Å²) in [5.74, 6) is 1.02. The molecule has 102 valence electrons. The molecule has 1 aliphatic carbocycles. The summed E-state index contributed by atoms with van der Waals surface area (Å²) in [4.78, 5) is 2.47. The van der Waals surface area contributed by atoms with E-state index < -0.39 is 0 Å². The highest BCUT2D eigenvalue weighted by Crippen LogP contribution is 2.28. The Bertz CT molecular complexity index is 281. The van der Waals surface area contributed by atoms with Crippen molar-refractivity contribution in [3.63, 3.8) is 0 Å². The zero-order valence-electron chi connectivity index (χ0n) is 11.6. The van der Waals surface area contributed by atoms with Crippen molar-refractivity contribution < 1.29 is 4.74 Å². The first-order valence-corrected chi connectivity index (χ1v) is 7.49. The fraction of sp³-hybridized carbons (Fsp3) is 0.933. The van der Waals surface area contributed by atoms with Gasteiger partial charge in [-0.15, -0.1) is 0 Å². The molecule has 1 aliphatic heterocycles. The van der Waals surface area contributed by atoms with Crippen LogP contribution in [0.3, 0.4) is 0 Å². The lowest BCUT2D eigenvalue weighted by Crippen LogP contribution is -2.40. The molecular weight excluding hydrogens is 224 g/mol. The Morgan fingerprint density at radius 1 is 1.11 bits per heavy atom. The molecular formula is C15H26N2O. The Balaban J connectivity index is 1.88. The molecule has 18 heavy (non-hydrogen) atoms. The SMILES string of the molecule is CN(CC1CCOCC1)C1CCCCCC1C#N. The summed E-state index contributed by atoms with van der Waals surface area (Å²) in [6.45, 7) is 2.99. The summed E-state index contributed by atoms with van der Waals surface area (Å²) in [7, 11) is 2.22. The molecule has 1 saturated heterocycles. The van der Waals surface area contributed by atoms with Crippen molar-refractivity contribution in [1.82, 2.24) is 4.90 Å². The van der Waals surface area contributed by atoms with E-state index in [1.807, 2.05) is 0 Å². The smallest absolute Gasteiger partial charge is 0.0672 e. The van der Waals surface area contributed by atoms with Crippen LogP contribution < -0.4 is 0 Å². The third kappa shape index (κ3) is 3.70. The maximum absolute atomic E-state index is 9.34. The highest BCUT2D eigenvalue weighted by Gasteiger charge is 2.28. The highest BCUT2D eigenvalue weighted by molar-refractivity contribution is 4.94. The lowest BCUT2D eigenvalue weighted by Gasteiger charge is -2.34. The van der Waals surface area contributed by atoms with Gasteiger partial charge in [-0.2, -0.15) is 5.26 Å². The zero-order valence-corrected chi connectivity index (χ0v) is 11.6. The van der Waals surface area contributed by atoms with E-state index in [9.17, 15) is 5.26 Å². The Kier molecular flexibility index (Phi) is 5.46. The normalized spacial score (nSPS) is 30.9. The first-order chi connectivity index (χ1) is 8.81. The van der Waals surface area contributed by atoms with Crippen molar-refractivity contribution in [2.45, 2.75) is 51.0 Å². The minimum atomic E-state index is 0.248. The third-order valence-corrected chi connectivity index (χ3v) is 4.60. The molecule has 0 amide bonds. The van der Waals surface area contributed by atoms with Crippen LogP contribution in [-0.2, 0) is 4.74 Å². The van der Waals surface area contributed by atoms with Crippen molar-refractivity contribution in [3.05, 3.63) is 0 Å². The lowest BCUT2D eigenvalue weighted by molar-refractivity contribution is 0.0466. The van der Waals surface area contributed by atoms with Gasteiger partial charge in [0.1, 0.15) is 0 Å². The summed E-state index contributed by atoms with van der Waals surface area (Å²) in [5, 5.41) is 9.34. The first-order valence-electron chi connectivity index (χ1n) is 7.49. The van der Waals surface area contributed by atoms with E-state index in [1.165, 1.54) is 38.5 Å². The molecule has 0 bridgehead atoms. The summed E-state index contributed by atoms with van der Waals surface area (Å²) < 4.78 is 5.42. The lowest BCUT2D eigenvalue weighted by atomic mass is 9.93. The van der Waals surface area contributed by atoms with Crippen LogP contribution in [0.2, 0.25) is 0 Å². The quantitative estimate of drug-likeness (QED) is 0.723. The van der Waals surface area contributed by atoms with Crippen LogP contribution in [0.25, 0.3) is 0 Å². The molecule has 2 unspecified atom stereocenters. The number of nitrogens with zero attached hydrogens (tertiary/aromatic N) is 2.